The molecule has 0 saturated heterocycles. The van der Waals surface area contributed by atoms with Crippen LogP contribution in [0.2, 0.25) is 0 Å². The Labute approximate surface area is 195 Å². The molecule has 2 heterocycles. The Hall–Kier alpha value is -3.45. The molecule has 1 aliphatic heterocycles. The minimum atomic E-state index is -0.632. The van der Waals surface area contributed by atoms with E-state index in [9.17, 15) is 14.7 Å². The van der Waals surface area contributed by atoms with Gasteiger partial charge in [-0.05, 0) is 54.7 Å². The van der Waals surface area contributed by atoms with Gasteiger partial charge in [-0.2, -0.15) is 0 Å². The molecule has 170 valence electrons. The standard InChI is InChI=1S/C26H26N2O4S/c1-5-32-25(31)22-16(4)27-26-28(23(22)19-11-9-18(10-12-19)15(2)3)24(30)21(33-26)14-17-7-6-8-20(29)13-17/h6-15,23,29H,5H2,1-4H3/b21-14-/t23-/m1/s1. The number of aromatic nitrogens is 1. The number of phenolic OH excluding ortho intramolecular Hbond substituents is 1. The summed E-state index contributed by atoms with van der Waals surface area (Å²) in [4.78, 5) is 31.6. The summed E-state index contributed by atoms with van der Waals surface area (Å²) >= 11 is 1.26. The predicted octanol–water partition coefficient (Wildman–Crippen LogP) is 3.63. The molecule has 0 saturated carbocycles. The van der Waals surface area contributed by atoms with E-state index in [2.05, 4.69) is 18.8 Å². The lowest BCUT2D eigenvalue weighted by Gasteiger charge is -2.25. The Bertz CT molecular complexity index is 1410. The molecular weight excluding hydrogens is 436 g/mol. The number of aromatic hydroxyl groups is 1. The van der Waals surface area contributed by atoms with Gasteiger partial charge in [0.05, 0.1) is 28.5 Å². The average molecular weight is 463 g/mol. The van der Waals surface area contributed by atoms with Crippen molar-refractivity contribution in [3.63, 3.8) is 0 Å². The van der Waals surface area contributed by atoms with Crippen LogP contribution in [0, 0.1) is 0 Å². The molecule has 0 bridgehead atoms. The Kier molecular flexibility index (Phi) is 6.33. The number of hydrogen-bond donors (Lipinski definition) is 1. The molecule has 7 heteroatoms. The van der Waals surface area contributed by atoms with Crippen molar-refractivity contribution < 1.29 is 14.6 Å². The number of carbonyl (C=O) groups is 1. The second-order valence-electron chi connectivity index (χ2n) is 8.22. The van der Waals surface area contributed by atoms with Gasteiger partial charge < -0.3 is 9.84 Å². The average Bonchev–Trinajstić information content (AvgIpc) is 3.07. The summed E-state index contributed by atoms with van der Waals surface area (Å²) in [5.74, 6) is 0.0177. The SMILES string of the molecule is CCOC(=O)C1=C(C)N=c2s/c(=C\c3cccc(O)c3)c(=O)n2[C@@H]1c1ccc(C(C)C)cc1. The maximum absolute atomic E-state index is 13.5. The highest BCUT2D eigenvalue weighted by atomic mass is 32.1. The van der Waals surface area contributed by atoms with Gasteiger partial charge in [0.2, 0.25) is 0 Å². The van der Waals surface area contributed by atoms with E-state index in [1.807, 2.05) is 30.3 Å². The summed E-state index contributed by atoms with van der Waals surface area (Å²) in [6.07, 6.45) is 1.73. The number of ether oxygens (including phenoxy) is 1. The number of thiazole rings is 1. The van der Waals surface area contributed by atoms with Gasteiger partial charge in [0.25, 0.3) is 5.56 Å². The Morgan fingerprint density at radius 1 is 1.24 bits per heavy atom. The van der Waals surface area contributed by atoms with Gasteiger partial charge in [0, 0.05) is 0 Å². The van der Waals surface area contributed by atoms with Crippen molar-refractivity contribution in [3.8, 4) is 5.75 Å². The first-order valence-electron chi connectivity index (χ1n) is 10.9. The van der Waals surface area contributed by atoms with Crippen LogP contribution in [-0.4, -0.2) is 22.2 Å². The zero-order chi connectivity index (χ0) is 23.7. The molecule has 0 unspecified atom stereocenters. The Balaban J connectivity index is 1.94. The van der Waals surface area contributed by atoms with Gasteiger partial charge in [-0.25, -0.2) is 9.79 Å². The van der Waals surface area contributed by atoms with Crippen molar-refractivity contribution in [2.24, 2.45) is 4.99 Å². The smallest absolute Gasteiger partial charge is 0.338 e. The van der Waals surface area contributed by atoms with Crippen molar-refractivity contribution in [2.45, 2.75) is 39.7 Å². The minimum Gasteiger partial charge on any atom is -0.508 e. The van der Waals surface area contributed by atoms with E-state index >= 15 is 0 Å². The van der Waals surface area contributed by atoms with E-state index < -0.39 is 12.0 Å². The van der Waals surface area contributed by atoms with Gasteiger partial charge in [0.1, 0.15) is 5.75 Å². The van der Waals surface area contributed by atoms with Crippen molar-refractivity contribution in [1.29, 1.82) is 0 Å². The lowest BCUT2D eigenvalue weighted by Crippen LogP contribution is -2.39. The predicted molar refractivity (Wildman–Crippen MR) is 129 cm³/mol. The van der Waals surface area contributed by atoms with E-state index in [1.165, 1.54) is 16.9 Å². The van der Waals surface area contributed by atoms with Crippen LogP contribution in [0.4, 0.5) is 0 Å². The van der Waals surface area contributed by atoms with Gasteiger partial charge in [-0.1, -0.05) is 61.6 Å². The van der Waals surface area contributed by atoms with E-state index in [0.29, 0.717) is 32.1 Å². The first-order chi connectivity index (χ1) is 15.8. The first-order valence-corrected chi connectivity index (χ1v) is 11.7. The number of esters is 1. The van der Waals surface area contributed by atoms with Crippen molar-refractivity contribution >= 4 is 23.4 Å². The Morgan fingerprint density at radius 2 is 1.97 bits per heavy atom. The van der Waals surface area contributed by atoms with E-state index in [-0.39, 0.29) is 17.9 Å². The number of nitrogens with zero attached hydrogens (tertiary/aromatic N) is 2. The summed E-state index contributed by atoms with van der Waals surface area (Å²) in [5, 5.41) is 9.78. The summed E-state index contributed by atoms with van der Waals surface area (Å²) in [5.41, 5.74) is 3.37. The normalized spacial score (nSPS) is 16.0. The molecule has 33 heavy (non-hydrogen) atoms. The van der Waals surface area contributed by atoms with Gasteiger partial charge in [-0.15, -0.1) is 0 Å². The lowest BCUT2D eigenvalue weighted by atomic mass is 9.93. The molecule has 3 aromatic rings. The van der Waals surface area contributed by atoms with Gasteiger partial charge >= 0.3 is 5.97 Å². The van der Waals surface area contributed by atoms with Crippen LogP contribution >= 0.6 is 11.3 Å². The lowest BCUT2D eigenvalue weighted by molar-refractivity contribution is -0.139. The van der Waals surface area contributed by atoms with E-state index in [4.69, 9.17) is 4.74 Å². The summed E-state index contributed by atoms with van der Waals surface area (Å²) in [7, 11) is 0. The summed E-state index contributed by atoms with van der Waals surface area (Å²) in [6.45, 7) is 8.00. The van der Waals surface area contributed by atoms with Gasteiger partial charge in [-0.3, -0.25) is 9.36 Å². The second-order valence-corrected chi connectivity index (χ2v) is 9.23. The van der Waals surface area contributed by atoms with Crippen molar-refractivity contribution in [2.75, 3.05) is 6.61 Å². The fourth-order valence-electron chi connectivity index (χ4n) is 3.94. The molecule has 1 aliphatic rings. The number of hydrogen-bond acceptors (Lipinski definition) is 6. The molecule has 0 fully saturated rings. The Morgan fingerprint density at radius 3 is 2.61 bits per heavy atom. The number of benzene rings is 2. The van der Waals surface area contributed by atoms with Crippen LogP contribution in [0.5, 0.6) is 5.75 Å². The number of rotatable bonds is 5. The van der Waals surface area contributed by atoms with Crippen LogP contribution in [0.25, 0.3) is 6.08 Å². The summed E-state index contributed by atoms with van der Waals surface area (Å²) in [6, 6.07) is 14.1. The fraction of sp³-hybridized carbons (Fsp3) is 0.269. The molecule has 0 spiro atoms. The van der Waals surface area contributed by atoms with E-state index in [0.717, 1.165) is 5.56 Å². The third-order valence-corrected chi connectivity index (χ3v) is 6.59. The second kappa shape index (κ2) is 9.19. The van der Waals surface area contributed by atoms with Crippen molar-refractivity contribution in [3.05, 3.63) is 96.2 Å². The summed E-state index contributed by atoms with van der Waals surface area (Å²) < 4.78 is 7.38. The van der Waals surface area contributed by atoms with Crippen LogP contribution in [-0.2, 0) is 9.53 Å². The molecular formula is C26H26N2O4S. The number of allylic oxidation sites excluding steroid dienone is 1. The highest BCUT2D eigenvalue weighted by molar-refractivity contribution is 7.07. The largest absolute Gasteiger partial charge is 0.508 e. The quantitative estimate of drug-likeness (QED) is 0.587. The first kappa shape index (κ1) is 22.7. The monoisotopic (exact) mass is 462 g/mol. The van der Waals surface area contributed by atoms with Crippen LogP contribution in [0.15, 0.2) is 69.6 Å². The maximum Gasteiger partial charge on any atom is 0.338 e. The molecule has 1 atom stereocenters. The molecule has 4 rings (SSSR count). The zero-order valence-corrected chi connectivity index (χ0v) is 19.8. The molecule has 6 nitrogen and oxygen atoms in total. The zero-order valence-electron chi connectivity index (χ0n) is 19.0. The number of phenols is 1. The molecule has 0 amide bonds. The van der Waals surface area contributed by atoms with E-state index in [1.54, 1.807) is 42.7 Å². The number of fused-ring (bicyclic) bond motifs is 1. The molecule has 0 aliphatic carbocycles. The third-order valence-electron chi connectivity index (χ3n) is 5.60. The van der Waals surface area contributed by atoms with Crippen LogP contribution < -0.4 is 14.9 Å². The molecule has 2 aromatic carbocycles. The fourth-order valence-corrected chi connectivity index (χ4v) is 4.98. The number of carbonyl (C=O) groups excluding carboxylic acids is 1. The van der Waals surface area contributed by atoms with Crippen LogP contribution in [0.3, 0.4) is 0 Å². The highest BCUT2D eigenvalue weighted by Gasteiger charge is 2.33. The van der Waals surface area contributed by atoms with Crippen LogP contribution in [0.1, 0.15) is 56.3 Å². The van der Waals surface area contributed by atoms with Gasteiger partial charge in [0.15, 0.2) is 4.80 Å². The maximum atomic E-state index is 13.5. The third kappa shape index (κ3) is 4.41. The van der Waals surface area contributed by atoms with Crippen molar-refractivity contribution in [1.82, 2.24) is 4.57 Å². The topological polar surface area (TPSA) is 80.9 Å². The molecule has 1 N–H and O–H groups in total. The molecule has 0 radical (unpaired) electrons. The highest BCUT2D eigenvalue weighted by Crippen LogP contribution is 2.31. The minimum absolute atomic E-state index is 0.125. The molecule has 1 aromatic heterocycles.